The topological polar surface area (TPSA) is 63.8 Å². The van der Waals surface area contributed by atoms with Gasteiger partial charge >= 0.3 is 0 Å². The molecule has 0 spiro atoms. The molecule has 1 heterocycles. The Morgan fingerprint density at radius 2 is 2.12 bits per heavy atom. The minimum Gasteiger partial charge on any atom is -0.368 e. The molecule has 0 amide bonds. The number of hydrogen-bond acceptors (Lipinski definition) is 4. The summed E-state index contributed by atoms with van der Waals surface area (Å²) in [6, 6.07) is 0. The van der Waals surface area contributed by atoms with Crippen molar-refractivity contribution in [2.24, 2.45) is 17.6 Å². The van der Waals surface area contributed by atoms with Crippen LogP contribution in [0.1, 0.15) is 30.7 Å². The van der Waals surface area contributed by atoms with Crippen LogP contribution in [-0.2, 0) is 0 Å². The quantitative estimate of drug-likeness (QED) is 0.835. The lowest BCUT2D eigenvalue weighted by Crippen LogP contribution is -2.25. The summed E-state index contributed by atoms with van der Waals surface area (Å²) in [6.45, 7) is 5.74. The number of hydrogen-bond donors (Lipinski definition) is 2. The van der Waals surface area contributed by atoms with Crippen LogP contribution in [-0.4, -0.2) is 23.1 Å². The summed E-state index contributed by atoms with van der Waals surface area (Å²) in [7, 11) is 0. The van der Waals surface area contributed by atoms with Crippen LogP contribution in [0.2, 0.25) is 0 Å². The summed E-state index contributed by atoms with van der Waals surface area (Å²) in [5.41, 5.74) is 7.72. The van der Waals surface area contributed by atoms with Crippen molar-refractivity contribution in [1.29, 1.82) is 0 Å². The average molecular weight is 234 g/mol. The molecule has 0 aromatic carbocycles. The Labute approximate surface area is 103 Å². The van der Waals surface area contributed by atoms with Crippen LogP contribution < -0.4 is 11.1 Å². The van der Waals surface area contributed by atoms with Crippen molar-refractivity contribution in [3.8, 4) is 0 Å². The molecule has 0 aliphatic heterocycles. The average Bonchev–Trinajstić information content (AvgIpc) is 2.77. The minimum atomic E-state index is 0.681. The Balaban J connectivity index is 1.95. The highest BCUT2D eigenvalue weighted by atomic mass is 15.0. The maximum atomic E-state index is 5.79. The van der Waals surface area contributed by atoms with Gasteiger partial charge in [0.15, 0.2) is 0 Å². The molecule has 0 radical (unpaired) electrons. The third-order valence-electron chi connectivity index (χ3n) is 3.73. The highest BCUT2D eigenvalue weighted by Gasteiger charge is 2.25. The van der Waals surface area contributed by atoms with Gasteiger partial charge in [0, 0.05) is 12.7 Å². The molecule has 17 heavy (non-hydrogen) atoms. The zero-order chi connectivity index (χ0) is 12.3. The second-order valence-corrected chi connectivity index (χ2v) is 5.01. The lowest BCUT2D eigenvalue weighted by molar-refractivity contribution is 0.414. The predicted octanol–water partition coefficient (Wildman–Crippen LogP) is 1.88. The van der Waals surface area contributed by atoms with E-state index in [1.807, 2.05) is 13.8 Å². The van der Waals surface area contributed by atoms with Crippen molar-refractivity contribution in [2.45, 2.75) is 33.1 Å². The van der Waals surface area contributed by atoms with Gasteiger partial charge in [0.25, 0.3) is 0 Å². The molecule has 1 aromatic rings. The van der Waals surface area contributed by atoms with Crippen molar-refractivity contribution in [3.63, 3.8) is 0 Å². The molecule has 4 nitrogen and oxygen atoms in total. The molecule has 4 heteroatoms. The fourth-order valence-electron chi connectivity index (χ4n) is 2.63. The van der Waals surface area contributed by atoms with Gasteiger partial charge in [0.2, 0.25) is 0 Å². The van der Waals surface area contributed by atoms with Gasteiger partial charge in [-0.3, -0.25) is 4.98 Å². The van der Waals surface area contributed by atoms with Crippen LogP contribution in [0.25, 0.3) is 0 Å². The summed E-state index contributed by atoms with van der Waals surface area (Å²) in [4.78, 5) is 8.79. The van der Waals surface area contributed by atoms with E-state index in [2.05, 4.69) is 15.3 Å². The molecule has 1 saturated carbocycles. The van der Waals surface area contributed by atoms with Crippen LogP contribution in [0.5, 0.6) is 0 Å². The van der Waals surface area contributed by atoms with E-state index in [0.717, 1.165) is 30.3 Å². The standard InChI is InChI=1S/C13H22N4/c1-9-7-15-10(2)13(17-9)16-8-12-5-3-4-11(12)6-14/h7,11-12H,3-6,8,14H2,1-2H3,(H,16,17). The molecule has 1 aliphatic rings. The Hall–Kier alpha value is -1.16. The number of aryl methyl sites for hydroxylation is 2. The molecule has 1 aromatic heterocycles. The van der Waals surface area contributed by atoms with E-state index in [4.69, 9.17) is 5.73 Å². The van der Waals surface area contributed by atoms with E-state index in [0.29, 0.717) is 11.8 Å². The molecule has 2 rings (SSSR count). The van der Waals surface area contributed by atoms with Crippen molar-refractivity contribution in [3.05, 3.63) is 17.6 Å². The lowest BCUT2D eigenvalue weighted by Gasteiger charge is -2.19. The van der Waals surface area contributed by atoms with Crippen molar-refractivity contribution >= 4 is 5.82 Å². The molecule has 1 aliphatic carbocycles. The van der Waals surface area contributed by atoms with Gasteiger partial charge in [-0.1, -0.05) is 6.42 Å². The first kappa shape index (κ1) is 12.3. The lowest BCUT2D eigenvalue weighted by atomic mass is 9.96. The number of nitrogens with one attached hydrogen (secondary N) is 1. The van der Waals surface area contributed by atoms with Gasteiger partial charge in [-0.05, 0) is 45.1 Å². The number of anilines is 1. The maximum absolute atomic E-state index is 5.79. The van der Waals surface area contributed by atoms with Crippen molar-refractivity contribution in [1.82, 2.24) is 9.97 Å². The van der Waals surface area contributed by atoms with Crippen LogP contribution >= 0.6 is 0 Å². The Bertz CT molecular complexity index is 378. The molecule has 2 atom stereocenters. The summed E-state index contributed by atoms with van der Waals surface area (Å²) >= 11 is 0. The molecule has 2 unspecified atom stereocenters. The first-order valence-corrected chi connectivity index (χ1v) is 6.45. The minimum absolute atomic E-state index is 0.681. The third-order valence-corrected chi connectivity index (χ3v) is 3.73. The molecule has 94 valence electrons. The van der Waals surface area contributed by atoms with Gasteiger partial charge in [0.05, 0.1) is 11.4 Å². The molecular formula is C13H22N4. The fourth-order valence-corrected chi connectivity index (χ4v) is 2.63. The van der Waals surface area contributed by atoms with Gasteiger partial charge in [-0.25, -0.2) is 4.98 Å². The van der Waals surface area contributed by atoms with Crippen molar-refractivity contribution < 1.29 is 0 Å². The zero-order valence-corrected chi connectivity index (χ0v) is 10.7. The van der Waals surface area contributed by atoms with E-state index in [1.54, 1.807) is 6.20 Å². The van der Waals surface area contributed by atoms with E-state index in [9.17, 15) is 0 Å². The van der Waals surface area contributed by atoms with E-state index >= 15 is 0 Å². The number of nitrogens with zero attached hydrogens (tertiary/aromatic N) is 2. The first-order valence-electron chi connectivity index (χ1n) is 6.45. The molecule has 0 bridgehead atoms. The third kappa shape index (κ3) is 2.94. The monoisotopic (exact) mass is 234 g/mol. The predicted molar refractivity (Wildman–Crippen MR) is 69.9 cm³/mol. The van der Waals surface area contributed by atoms with Crippen LogP contribution in [0.3, 0.4) is 0 Å². The number of rotatable bonds is 4. The second kappa shape index (κ2) is 5.45. The molecule has 3 N–H and O–H groups in total. The second-order valence-electron chi connectivity index (χ2n) is 5.01. The Kier molecular flexibility index (Phi) is 3.94. The zero-order valence-electron chi connectivity index (χ0n) is 10.7. The smallest absolute Gasteiger partial charge is 0.147 e. The summed E-state index contributed by atoms with van der Waals surface area (Å²) in [5, 5.41) is 3.43. The van der Waals surface area contributed by atoms with Crippen LogP contribution in [0.4, 0.5) is 5.82 Å². The highest BCUT2D eigenvalue weighted by molar-refractivity contribution is 5.39. The van der Waals surface area contributed by atoms with Crippen LogP contribution in [0, 0.1) is 25.7 Å². The fraction of sp³-hybridized carbons (Fsp3) is 0.692. The van der Waals surface area contributed by atoms with E-state index in [1.165, 1.54) is 19.3 Å². The van der Waals surface area contributed by atoms with E-state index in [-0.39, 0.29) is 0 Å². The van der Waals surface area contributed by atoms with Gasteiger partial charge in [-0.2, -0.15) is 0 Å². The molecular weight excluding hydrogens is 212 g/mol. The first-order chi connectivity index (χ1) is 8.20. The molecule has 0 saturated heterocycles. The van der Waals surface area contributed by atoms with Gasteiger partial charge in [-0.15, -0.1) is 0 Å². The van der Waals surface area contributed by atoms with Gasteiger partial charge in [0.1, 0.15) is 5.82 Å². The summed E-state index contributed by atoms with van der Waals surface area (Å²) in [5.74, 6) is 2.30. The van der Waals surface area contributed by atoms with Crippen molar-refractivity contribution in [2.75, 3.05) is 18.4 Å². The SMILES string of the molecule is Cc1cnc(C)c(NCC2CCCC2CN)n1. The van der Waals surface area contributed by atoms with Crippen LogP contribution in [0.15, 0.2) is 6.20 Å². The highest BCUT2D eigenvalue weighted by Crippen LogP contribution is 2.30. The number of nitrogens with two attached hydrogens (primary N) is 1. The number of aromatic nitrogens is 2. The molecule has 1 fully saturated rings. The van der Waals surface area contributed by atoms with E-state index < -0.39 is 0 Å². The van der Waals surface area contributed by atoms with Gasteiger partial charge < -0.3 is 11.1 Å². The normalized spacial score (nSPS) is 23.9. The summed E-state index contributed by atoms with van der Waals surface area (Å²) in [6.07, 6.45) is 5.68. The maximum Gasteiger partial charge on any atom is 0.147 e. The Morgan fingerprint density at radius 1 is 1.35 bits per heavy atom. The summed E-state index contributed by atoms with van der Waals surface area (Å²) < 4.78 is 0. The Morgan fingerprint density at radius 3 is 2.88 bits per heavy atom. The largest absolute Gasteiger partial charge is 0.368 e.